The molecule has 0 fully saturated rings. The van der Waals surface area contributed by atoms with Gasteiger partial charge in [-0.3, -0.25) is 0 Å². The van der Waals surface area contributed by atoms with Crippen molar-refractivity contribution < 1.29 is 0 Å². The first-order chi connectivity index (χ1) is 25.7. The first-order valence-corrected chi connectivity index (χ1v) is 17.9. The number of hydrogen-bond donors (Lipinski definition) is 0. The maximum absolute atomic E-state index is 2.41. The molecule has 3 aromatic heterocycles. The Morgan fingerprint density at radius 2 is 0.558 bits per heavy atom. The van der Waals surface area contributed by atoms with Crippen LogP contribution in [0.2, 0.25) is 0 Å². The number of rotatable bonds is 4. The van der Waals surface area contributed by atoms with E-state index in [0.29, 0.717) is 0 Å². The van der Waals surface area contributed by atoms with E-state index in [1.54, 1.807) is 0 Å². The van der Waals surface area contributed by atoms with E-state index in [2.05, 4.69) is 203 Å². The normalized spacial score (nSPS) is 11.9. The molecule has 0 saturated heterocycles. The molecule has 8 aromatic carbocycles. The molecule has 0 aliphatic carbocycles. The number of aryl methyl sites for hydroxylation is 1. The Kier molecular flexibility index (Phi) is 6.17. The fourth-order valence-electron chi connectivity index (χ4n) is 8.51. The van der Waals surface area contributed by atoms with Crippen molar-refractivity contribution in [1.82, 2.24) is 13.7 Å². The lowest BCUT2D eigenvalue weighted by Gasteiger charge is -2.12. The van der Waals surface area contributed by atoms with Crippen LogP contribution >= 0.6 is 0 Å². The summed E-state index contributed by atoms with van der Waals surface area (Å²) in [5, 5.41) is 7.58. The minimum Gasteiger partial charge on any atom is -0.309 e. The van der Waals surface area contributed by atoms with Crippen molar-refractivity contribution in [3.05, 3.63) is 188 Å². The average Bonchev–Trinajstić information content (AvgIpc) is 3.84. The number of hydrogen-bond acceptors (Lipinski definition) is 0. The molecule has 3 heteroatoms. The molecule has 0 spiro atoms. The van der Waals surface area contributed by atoms with Gasteiger partial charge in [-0.1, -0.05) is 103 Å². The summed E-state index contributed by atoms with van der Waals surface area (Å²) in [5.74, 6) is 0. The van der Waals surface area contributed by atoms with Gasteiger partial charge in [-0.2, -0.15) is 0 Å². The van der Waals surface area contributed by atoms with E-state index in [-0.39, 0.29) is 0 Å². The first-order valence-electron chi connectivity index (χ1n) is 17.9. The van der Waals surface area contributed by atoms with Gasteiger partial charge in [0.1, 0.15) is 0 Å². The Bertz CT molecular complexity index is 3120. The number of benzene rings is 8. The van der Waals surface area contributed by atoms with Crippen LogP contribution in [0, 0.1) is 6.92 Å². The molecule has 0 aliphatic rings. The molecule has 0 aliphatic heterocycles. The van der Waals surface area contributed by atoms with Crippen molar-refractivity contribution in [1.29, 1.82) is 0 Å². The predicted molar refractivity (Wildman–Crippen MR) is 220 cm³/mol. The first kappa shape index (κ1) is 28.9. The SMILES string of the molecule is Cc1ccc(-n2c3ccccc3c3cc(-c4ccc5c(c4)c4ccccc4n5-c4ccc(-n5c6ccccc6c6ccccc65)cc4)ccc32)cc1. The van der Waals surface area contributed by atoms with Gasteiger partial charge >= 0.3 is 0 Å². The maximum atomic E-state index is 2.41. The third kappa shape index (κ3) is 4.20. The van der Waals surface area contributed by atoms with Gasteiger partial charge in [-0.25, -0.2) is 0 Å². The summed E-state index contributed by atoms with van der Waals surface area (Å²) in [5.41, 5.74) is 14.5. The van der Waals surface area contributed by atoms with Gasteiger partial charge in [-0.15, -0.1) is 0 Å². The zero-order valence-corrected chi connectivity index (χ0v) is 28.7. The van der Waals surface area contributed by atoms with Crippen molar-refractivity contribution in [2.45, 2.75) is 6.92 Å². The highest BCUT2D eigenvalue weighted by atomic mass is 15.0. The van der Waals surface area contributed by atoms with Gasteiger partial charge < -0.3 is 13.7 Å². The smallest absolute Gasteiger partial charge is 0.0541 e. The van der Waals surface area contributed by atoms with E-state index in [0.717, 1.165) is 11.4 Å². The Balaban J connectivity index is 1.05. The second-order valence-electron chi connectivity index (χ2n) is 13.9. The summed E-state index contributed by atoms with van der Waals surface area (Å²) in [6.07, 6.45) is 0. The molecule has 3 nitrogen and oxygen atoms in total. The molecule has 52 heavy (non-hydrogen) atoms. The molecule has 3 heterocycles. The fraction of sp³-hybridized carbons (Fsp3) is 0.0204. The van der Waals surface area contributed by atoms with Crippen LogP contribution in [0.1, 0.15) is 5.56 Å². The lowest BCUT2D eigenvalue weighted by molar-refractivity contribution is 1.14. The summed E-state index contributed by atoms with van der Waals surface area (Å²) < 4.78 is 7.17. The van der Waals surface area contributed by atoms with Crippen molar-refractivity contribution in [2.24, 2.45) is 0 Å². The Morgan fingerprint density at radius 3 is 0.923 bits per heavy atom. The lowest BCUT2D eigenvalue weighted by atomic mass is 10.0. The average molecular weight is 664 g/mol. The maximum Gasteiger partial charge on any atom is 0.0541 e. The van der Waals surface area contributed by atoms with Crippen LogP contribution in [0.3, 0.4) is 0 Å². The van der Waals surface area contributed by atoms with Crippen molar-refractivity contribution in [2.75, 3.05) is 0 Å². The van der Waals surface area contributed by atoms with Gasteiger partial charge in [-0.05, 0) is 103 Å². The molecule has 0 N–H and O–H groups in total. The highest BCUT2D eigenvalue weighted by Gasteiger charge is 2.17. The third-order valence-corrected chi connectivity index (χ3v) is 10.9. The Morgan fingerprint density at radius 1 is 0.269 bits per heavy atom. The van der Waals surface area contributed by atoms with E-state index in [1.807, 2.05) is 0 Å². The Hall–Kier alpha value is -6.84. The van der Waals surface area contributed by atoms with E-state index < -0.39 is 0 Å². The molecule has 244 valence electrons. The minimum absolute atomic E-state index is 1.15. The molecule has 11 rings (SSSR count). The number of para-hydroxylation sites is 4. The fourth-order valence-corrected chi connectivity index (χ4v) is 8.51. The molecule has 0 saturated carbocycles. The monoisotopic (exact) mass is 663 g/mol. The largest absolute Gasteiger partial charge is 0.309 e. The van der Waals surface area contributed by atoms with Crippen LogP contribution in [-0.4, -0.2) is 13.7 Å². The van der Waals surface area contributed by atoms with Gasteiger partial charge in [0.05, 0.1) is 33.1 Å². The zero-order chi connectivity index (χ0) is 34.3. The summed E-state index contributed by atoms with van der Waals surface area (Å²) in [6.45, 7) is 2.14. The molecule has 0 atom stereocenters. The van der Waals surface area contributed by atoms with Crippen molar-refractivity contribution in [3.63, 3.8) is 0 Å². The van der Waals surface area contributed by atoms with Crippen LogP contribution in [-0.2, 0) is 0 Å². The zero-order valence-electron chi connectivity index (χ0n) is 28.7. The summed E-state index contributed by atoms with van der Waals surface area (Å²) >= 11 is 0. The Labute approximate surface area is 300 Å². The van der Waals surface area contributed by atoms with Gasteiger partial charge in [0.25, 0.3) is 0 Å². The van der Waals surface area contributed by atoms with Crippen LogP contribution in [0.25, 0.3) is 93.6 Å². The summed E-state index contributed by atoms with van der Waals surface area (Å²) in [4.78, 5) is 0. The molecule has 0 unspecified atom stereocenters. The summed E-state index contributed by atoms with van der Waals surface area (Å²) in [6, 6.07) is 66.6. The predicted octanol–water partition coefficient (Wildman–Crippen LogP) is 13.0. The van der Waals surface area contributed by atoms with Gasteiger partial charge in [0, 0.05) is 49.4 Å². The molecular formula is C49H33N3. The van der Waals surface area contributed by atoms with Crippen LogP contribution in [0.5, 0.6) is 0 Å². The molecule has 0 radical (unpaired) electrons. The highest BCUT2D eigenvalue weighted by Crippen LogP contribution is 2.39. The van der Waals surface area contributed by atoms with Crippen molar-refractivity contribution >= 4 is 65.4 Å². The standard InChI is InChI=1S/C49H33N3/c1-32-18-22-35(23-19-32)51-46-16-8-4-12-40(46)42-30-33(20-28-48(42)51)34-21-29-49-43(31-34)41-13-5-9-17-47(41)52(49)37-26-24-36(25-27-37)50-44-14-6-2-10-38(44)39-11-3-7-15-45(39)50/h2-31H,1H3. The van der Waals surface area contributed by atoms with E-state index in [1.165, 1.54) is 87.8 Å². The summed E-state index contributed by atoms with van der Waals surface area (Å²) in [7, 11) is 0. The quantitative estimate of drug-likeness (QED) is 0.178. The van der Waals surface area contributed by atoms with E-state index in [9.17, 15) is 0 Å². The number of aromatic nitrogens is 3. The van der Waals surface area contributed by atoms with Gasteiger partial charge in [0.15, 0.2) is 0 Å². The van der Waals surface area contributed by atoms with Crippen LogP contribution in [0.15, 0.2) is 182 Å². The minimum atomic E-state index is 1.15. The molecule has 11 aromatic rings. The van der Waals surface area contributed by atoms with E-state index >= 15 is 0 Å². The second kappa shape index (κ2) is 11.1. The van der Waals surface area contributed by atoms with Crippen molar-refractivity contribution in [3.8, 4) is 28.2 Å². The number of nitrogens with zero attached hydrogens (tertiary/aromatic N) is 3. The third-order valence-electron chi connectivity index (χ3n) is 10.9. The van der Waals surface area contributed by atoms with E-state index in [4.69, 9.17) is 0 Å². The van der Waals surface area contributed by atoms with Crippen LogP contribution < -0.4 is 0 Å². The molecule has 0 amide bonds. The number of fused-ring (bicyclic) bond motifs is 9. The molecule has 0 bridgehead atoms. The van der Waals surface area contributed by atoms with Gasteiger partial charge in [0.2, 0.25) is 0 Å². The lowest BCUT2D eigenvalue weighted by Crippen LogP contribution is -1.97. The highest BCUT2D eigenvalue weighted by molar-refractivity contribution is 6.13. The second-order valence-corrected chi connectivity index (χ2v) is 13.9. The molecular weight excluding hydrogens is 631 g/mol. The van der Waals surface area contributed by atoms with Crippen LogP contribution in [0.4, 0.5) is 0 Å². The topological polar surface area (TPSA) is 14.8 Å².